The molecule has 0 amide bonds. The van der Waals surface area contributed by atoms with Crippen molar-refractivity contribution in [3.8, 4) is 11.5 Å². The SMILES string of the molecule is COc1cc(NCC2Cc3ccccc3O2)ccc1N. The first kappa shape index (κ1) is 12.7. The molecule has 0 aromatic heterocycles. The van der Waals surface area contributed by atoms with Gasteiger partial charge in [-0.2, -0.15) is 0 Å². The van der Waals surface area contributed by atoms with Gasteiger partial charge in [-0.25, -0.2) is 0 Å². The van der Waals surface area contributed by atoms with Crippen LogP contribution >= 0.6 is 0 Å². The van der Waals surface area contributed by atoms with E-state index in [1.165, 1.54) is 5.56 Å². The van der Waals surface area contributed by atoms with Crippen molar-refractivity contribution < 1.29 is 9.47 Å². The second-order valence-corrected chi connectivity index (χ2v) is 4.89. The molecule has 3 rings (SSSR count). The van der Waals surface area contributed by atoms with Gasteiger partial charge in [-0.1, -0.05) is 18.2 Å². The third-order valence-corrected chi connectivity index (χ3v) is 3.48. The van der Waals surface area contributed by atoms with Gasteiger partial charge < -0.3 is 20.5 Å². The molecule has 0 saturated carbocycles. The van der Waals surface area contributed by atoms with E-state index in [1.54, 1.807) is 7.11 Å². The van der Waals surface area contributed by atoms with Crippen molar-refractivity contribution in [3.05, 3.63) is 48.0 Å². The van der Waals surface area contributed by atoms with Gasteiger partial charge >= 0.3 is 0 Å². The van der Waals surface area contributed by atoms with E-state index < -0.39 is 0 Å². The van der Waals surface area contributed by atoms with Gasteiger partial charge in [-0.05, 0) is 23.8 Å². The van der Waals surface area contributed by atoms with Crippen LogP contribution in [0.15, 0.2) is 42.5 Å². The maximum atomic E-state index is 5.89. The van der Waals surface area contributed by atoms with E-state index in [0.29, 0.717) is 11.4 Å². The minimum atomic E-state index is 0.163. The highest BCUT2D eigenvalue weighted by Gasteiger charge is 2.21. The van der Waals surface area contributed by atoms with Gasteiger partial charge in [0.05, 0.1) is 19.3 Å². The van der Waals surface area contributed by atoms with Crippen LogP contribution in [0, 0.1) is 0 Å². The van der Waals surface area contributed by atoms with Crippen molar-refractivity contribution in [1.29, 1.82) is 0 Å². The molecule has 1 atom stereocenters. The summed E-state index contributed by atoms with van der Waals surface area (Å²) in [6.07, 6.45) is 1.10. The summed E-state index contributed by atoms with van der Waals surface area (Å²) in [7, 11) is 1.62. The van der Waals surface area contributed by atoms with Gasteiger partial charge in [-0.3, -0.25) is 0 Å². The van der Waals surface area contributed by atoms with Crippen LogP contribution in [-0.2, 0) is 6.42 Å². The molecule has 0 fully saturated rings. The summed E-state index contributed by atoms with van der Waals surface area (Å²) in [5, 5.41) is 3.36. The highest BCUT2D eigenvalue weighted by atomic mass is 16.5. The maximum Gasteiger partial charge on any atom is 0.143 e. The molecule has 3 N–H and O–H groups in total. The number of rotatable bonds is 4. The summed E-state index contributed by atoms with van der Waals surface area (Å²) >= 11 is 0. The van der Waals surface area contributed by atoms with Crippen LogP contribution in [0.4, 0.5) is 11.4 Å². The van der Waals surface area contributed by atoms with Crippen LogP contribution in [0.3, 0.4) is 0 Å². The largest absolute Gasteiger partial charge is 0.495 e. The van der Waals surface area contributed by atoms with Gasteiger partial charge in [0.25, 0.3) is 0 Å². The number of benzene rings is 2. The predicted molar refractivity (Wildman–Crippen MR) is 80.5 cm³/mol. The minimum absolute atomic E-state index is 0.163. The minimum Gasteiger partial charge on any atom is -0.495 e. The number of methoxy groups -OCH3 is 1. The fourth-order valence-electron chi connectivity index (χ4n) is 2.42. The van der Waals surface area contributed by atoms with E-state index in [1.807, 2.05) is 36.4 Å². The summed E-state index contributed by atoms with van der Waals surface area (Å²) in [5.74, 6) is 1.68. The van der Waals surface area contributed by atoms with Crippen molar-refractivity contribution in [2.45, 2.75) is 12.5 Å². The summed E-state index contributed by atoms with van der Waals surface area (Å²) in [5.41, 5.74) is 8.69. The molecule has 4 heteroatoms. The number of anilines is 2. The first-order valence-corrected chi connectivity index (χ1v) is 6.68. The highest BCUT2D eigenvalue weighted by Crippen LogP contribution is 2.29. The predicted octanol–water partition coefficient (Wildman–Crippen LogP) is 2.69. The zero-order valence-electron chi connectivity index (χ0n) is 11.4. The van der Waals surface area contributed by atoms with Gasteiger partial charge in [0.1, 0.15) is 17.6 Å². The third-order valence-electron chi connectivity index (χ3n) is 3.48. The summed E-state index contributed by atoms with van der Waals surface area (Å²) in [6, 6.07) is 13.9. The molecule has 1 unspecified atom stereocenters. The molecule has 104 valence electrons. The maximum absolute atomic E-state index is 5.89. The van der Waals surface area contributed by atoms with E-state index in [4.69, 9.17) is 15.2 Å². The zero-order valence-corrected chi connectivity index (χ0v) is 11.4. The molecule has 0 bridgehead atoms. The number of nitrogen functional groups attached to an aromatic ring is 1. The van der Waals surface area contributed by atoms with E-state index in [0.717, 1.165) is 24.4 Å². The second-order valence-electron chi connectivity index (χ2n) is 4.89. The Labute approximate surface area is 118 Å². The van der Waals surface area contributed by atoms with Crippen LogP contribution in [0.2, 0.25) is 0 Å². The van der Waals surface area contributed by atoms with Crippen LogP contribution in [-0.4, -0.2) is 19.8 Å². The Hall–Kier alpha value is -2.36. The number of nitrogens with two attached hydrogens (primary N) is 1. The normalized spacial score (nSPS) is 16.4. The van der Waals surface area contributed by atoms with Crippen molar-refractivity contribution in [3.63, 3.8) is 0 Å². The smallest absolute Gasteiger partial charge is 0.143 e. The molecule has 0 spiro atoms. The average Bonchev–Trinajstić information content (AvgIpc) is 2.89. The van der Waals surface area contributed by atoms with Crippen LogP contribution in [0.1, 0.15) is 5.56 Å². The topological polar surface area (TPSA) is 56.5 Å². The van der Waals surface area contributed by atoms with Gasteiger partial charge in [0.15, 0.2) is 0 Å². The molecule has 1 aliphatic heterocycles. The first-order valence-electron chi connectivity index (χ1n) is 6.68. The summed E-state index contributed by atoms with van der Waals surface area (Å²) < 4.78 is 11.1. The molecule has 2 aromatic rings. The molecular formula is C16H18N2O2. The molecule has 2 aromatic carbocycles. The lowest BCUT2D eigenvalue weighted by molar-refractivity contribution is 0.246. The number of ether oxygens (including phenoxy) is 2. The fourth-order valence-corrected chi connectivity index (χ4v) is 2.42. The van der Waals surface area contributed by atoms with Crippen molar-refractivity contribution in [1.82, 2.24) is 0 Å². The Kier molecular flexibility index (Phi) is 3.37. The van der Waals surface area contributed by atoms with Gasteiger partial charge in [0.2, 0.25) is 0 Å². The monoisotopic (exact) mass is 270 g/mol. The Morgan fingerprint density at radius 2 is 2.15 bits per heavy atom. The lowest BCUT2D eigenvalue weighted by atomic mass is 10.1. The van der Waals surface area contributed by atoms with Crippen molar-refractivity contribution in [2.75, 3.05) is 24.7 Å². The zero-order chi connectivity index (χ0) is 13.9. The Morgan fingerprint density at radius 3 is 2.95 bits per heavy atom. The van der Waals surface area contributed by atoms with E-state index in [9.17, 15) is 0 Å². The Bertz CT molecular complexity index is 588. The Morgan fingerprint density at radius 1 is 1.30 bits per heavy atom. The van der Waals surface area contributed by atoms with Crippen molar-refractivity contribution in [2.24, 2.45) is 0 Å². The molecule has 20 heavy (non-hydrogen) atoms. The van der Waals surface area contributed by atoms with Crippen LogP contribution in [0.5, 0.6) is 11.5 Å². The number of nitrogens with one attached hydrogen (secondary N) is 1. The third kappa shape index (κ3) is 2.50. The standard InChI is InChI=1S/C16H18N2O2/c1-19-16-9-12(6-7-14(16)17)18-10-13-8-11-4-2-3-5-15(11)20-13/h2-7,9,13,18H,8,10,17H2,1H3. The molecular weight excluding hydrogens is 252 g/mol. The summed E-state index contributed by atoms with van der Waals surface area (Å²) in [4.78, 5) is 0. The van der Waals surface area contributed by atoms with Gasteiger partial charge in [0, 0.05) is 18.2 Å². The quantitative estimate of drug-likeness (QED) is 0.839. The number of fused-ring (bicyclic) bond motifs is 1. The second kappa shape index (κ2) is 5.33. The van der Waals surface area contributed by atoms with E-state index in [2.05, 4.69) is 11.4 Å². The van der Waals surface area contributed by atoms with E-state index >= 15 is 0 Å². The molecule has 1 heterocycles. The van der Waals surface area contributed by atoms with Crippen LogP contribution in [0.25, 0.3) is 0 Å². The average molecular weight is 270 g/mol. The Balaban J connectivity index is 1.61. The van der Waals surface area contributed by atoms with Gasteiger partial charge in [-0.15, -0.1) is 0 Å². The number of para-hydroxylation sites is 1. The number of hydrogen-bond donors (Lipinski definition) is 2. The molecule has 0 radical (unpaired) electrons. The van der Waals surface area contributed by atoms with Crippen molar-refractivity contribution >= 4 is 11.4 Å². The first-order chi connectivity index (χ1) is 9.76. The lowest BCUT2D eigenvalue weighted by Crippen LogP contribution is -2.23. The lowest BCUT2D eigenvalue weighted by Gasteiger charge is -2.14. The van der Waals surface area contributed by atoms with E-state index in [-0.39, 0.29) is 6.10 Å². The van der Waals surface area contributed by atoms with Crippen LogP contribution < -0.4 is 20.5 Å². The molecule has 0 saturated heterocycles. The molecule has 0 aliphatic carbocycles. The molecule has 4 nitrogen and oxygen atoms in total. The summed E-state index contributed by atoms with van der Waals surface area (Å²) in [6.45, 7) is 0.752. The number of hydrogen-bond acceptors (Lipinski definition) is 4. The molecule has 1 aliphatic rings. The fraction of sp³-hybridized carbons (Fsp3) is 0.250. The highest BCUT2D eigenvalue weighted by molar-refractivity contribution is 5.61.